The summed E-state index contributed by atoms with van der Waals surface area (Å²) in [7, 11) is 0. The molecule has 1 aromatic carbocycles. The van der Waals surface area contributed by atoms with Crippen LogP contribution in [0.5, 0.6) is 0 Å². The zero-order chi connectivity index (χ0) is 14.1. The van der Waals surface area contributed by atoms with Crippen LogP contribution in [-0.2, 0) is 6.54 Å². The highest BCUT2D eigenvalue weighted by molar-refractivity contribution is 5.32. The van der Waals surface area contributed by atoms with Gasteiger partial charge in [0.15, 0.2) is 0 Å². The van der Waals surface area contributed by atoms with Gasteiger partial charge in [-0.1, -0.05) is 30.7 Å². The molecule has 0 amide bonds. The molecule has 0 bridgehead atoms. The Morgan fingerprint density at radius 1 is 0.952 bits per heavy atom. The predicted octanol–water partition coefficient (Wildman–Crippen LogP) is 2.39. The second-order valence-electron chi connectivity index (χ2n) is 6.88. The van der Waals surface area contributed by atoms with Crippen LogP contribution in [0.15, 0.2) is 24.3 Å². The van der Waals surface area contributed by atoms with Gasteiger partial charge in [-0.25, -0.2) is 0 Å². The van der Waals surface area contributed by atoms with Crippen molar-refractivity contribution < 1.29 is 0 Å². The van der Waals surface area contributed by atoms with Crippen LogP contribution in [0.1, 0.15) is 42.9 Å². The molecule has 0 saturated carbocycles. The number of hydrogen-bond acceptors (Lipinski definition) is 3. The molecule has 0 spiro atoms. The van der Waals surface area contributed by atoms with Gasteiger partial charge in [0.2, 0.25) is 0 Å². The molecule has 0 aliphatic carbocycles. The molecular formula is C18H27N3. The first kappa shape index (κ1) is 13.7. The third-order valence-corrected chi connectivity index (χ3v) is 5.61. The van der Waals surface area contributed by atoms with E-state index in [-0.39, 0.29) is 0 Å². The third kappa shape index (κ3) is 2.75. The molecule has 1 N–H and O–H groups in total. The topological polar surface area (TPSA) is 18.5 Å². The van der Waals surface area contributed by atoms with Gasteiger partial charge in [0.1, 0.15) is 0 Å². The minimum Gasteiger partial charge on any atom is -0.311 e. The van der Waals surface area contributed by atoms with Crippen LogP contribution >= 0.6 is 0 Å². The van der Waals surface area contributed by atoms with Crippen LogP contribution in [0.3, 0.4) is 0 Å². The Balaban J connectivity index is 1.46. The van der Waals surface area contributed by atoms with Gasteiger partial charge in [-0.05, 0) is 43.5 Å². The van der Waals surface area contributed by atoms with Gasteiger partial charge in [-0.2, -0.15) is 0 Å². The average Bonchev–Trinajstić information content (AvgIpc) is 3.05. The summed E-state index contributed by atoms with van der Waals surface area (Å²) in [6, 6.07) is 10.4. The van der Waals surface area contributed by atoms with Crippen molar-refractivity contribution in [1.82, 2.24) is 15.1 Å². The number of likely N-dealkylation sites (tertiary alicyclic amines) is 2. The molecule has 114 valence electrons. The first-order chi connectivity index (χ1) is 10.4. The van der Waals surface area contributed by atoms with Crippen molar-refractivity contribution in [3.05, 3.63) is 35.4 Å². The summed E-state index contributed by atoms with van der Waals surface area (Å²) in [5, 5.41) is 3.61. The molecule has 3 heterocycles. The lowest BCUT2D eigenvalue weighted by molar-refractivity contribution is 0.149. The van der Waals surface area contributed by atoms with Gasteiger partial charge < -0.3 is 5.32 Å². The van der Waals surface area contributed by atoms with E-state index >= 15 is 0 Å². The Morgan fingerprint density at radius 2 is 1.81 bits per heavy atom. The van der Waals surface area contributed by atoms with E-state index in [4.69, 9.17) is 0 Å². The Labute approximate surface area is 128 Å². The standard InChI is InChI=1S/C18H27N3/c1-4-9-20(10-5-1)16-8-11-21(14-16)18-13-19-12-15-6-2-3-7-17(15)18/h2-3,6-7,16,18-19H,1,4-5,8-14H2. The summed E-state index contributed by atoms with van der Waals surface area (Å²) in [6.07, 6.45) is 5.61. The number of nitrogens with zero attached hydrogens (tertiary/aromatic N) is 2. The van der Waals surface area contributed by atoms with E-state index in [2.05, 4.69) is 39.4 Å². The predicted molar refractivity (Wildman–Crippen MR) is 86.3 cm³/mol. The third-order valence-electron chi connectivity index (χ3n) is 5.61. The zero-order valence-electron chi connectivity index (χ0n) is 12.9. The van der Waals surface area contributed by atoms with Crippen LogP contribution in [0.2, 0.25) is 0 Å². The van der Waals surface area contributed by atoms with Gasteiger partial charge in [-0.3, -0.25) is 9.80 Å². The number of hydrogen-bond donors (Lipinski definition) is 1. The highest BCUT2D eigenvalue weighted by Gasteiger charge is 2.34. The molecule has 4 rings (SSSR count). The molecule has 2 atom stereocenters. The summed E-state index contributed by atoms with van der Waals surface area (Å²) in [4.78, 5) is 5.48. The maximum Gasteiger partial charge on any atom is 0.0476 e. The smallest absolute Gasteiger partial charge is 0.0476 e. The quantitative estimate of drug-likeness (QED) is 0.900. The second kappa shape index (κ2) is 6.07. The lowest BCUT2D eigenvalue weighted by Gasteiger charge is -2.35. The first-order valence-corrected chi connectivity index (χ1v) is 8.68. The highest BCUT2D eigenvalue weighted by Crippen LogP contribution is 2.31. The molecule has 3 heteroatoms. The maximum atomic E-state index is 3.61. The second-order valence-corrected chi connectivity index (χ2v) is 6.88. The number of fused-ring (bicyclic) bond motifs is 1. The van der Waals surface area contributed by atoms with Gasteiger partial charge >= 0.3 is 0 Å². The lowest BCUT2D eigenvalue weighted by atomic mass is 9.96. The fraction of sp³-hybridized carbons (Fsp3) is 0.667. The summed E-state index contributed by atoms with van der Waals surface area (Å²) in [5.41, 5.74) is 3.06. The zero-order valence-corrected chi connectivity index (χ0v) is 12.9. The molecule has 1 aromatic rings. The van der Waals surface area contributed by atoms with Gasteiger partial charge in [0, 0.05) is 38.3 Å². The van der Waals surface area contributed by atoms with Crippen molar-refractivity contribution in [2.45, 2.75) is 44.3 Å². The molecule has 3 aliphatic heterocycles. The van der Waals surface area contributed by atoms with Crippen molar-refractivity contribution in [2.75, 3.05) is 32.7 Å². The minimum atomic E-state index is 0.588. The molecular weight excluding hydrogens is 258 g/mol. The number of benzene rings is 1. The Kier molecular flexibility index (Phi) is 3.97. The monoisotopic (exact) mass is 285 g/mol. The van der Waals surface area contributed by atoms with Crippen LogP contribution in [0, 0.1) is 0 Å². The maximum absolute atomic E-state index is 3.61. The van der Waals surface area contributed by atoms with E-state index in [1.807, 2.05) is 0 Å². The normalized spacial score (nSPS) is 31.2. The van der Waals surface area contributed by atoms with Crippen molar-refractivity contribution in [2.24, 2.45) is 0 Å². The van der Waals surface area contributed by atoms with E-state index in [9.17, 15) is 0 Å². The van der Waals surface area contributed by atoms with Crippen LogP contribution in [0.4, 0.5) is 0 Å². The molecule has 21 heavy (non-hydrogen) atoms. The van der Waals surface area contributed by atoms with E-state index < -0.39 is 0 Å². The van der Waals surface area contributed by atoms with Gasteiger partial charge in [-0.15, -0.1) is 0 Å². The fourth-order valence-corrected chi connectivity index (χ4v) is 4.43. The summed E-state index contributed by atoms with van der Waals surface area (Å²) in [6.45, 7) is 7.35. The first-order valence-electron chi connectivity index (χ1n) is 8.68. The van der Waals surface area contributed by atoms with E-state index in [1.165, 1.54) is 57.4 Å². The van der Waals surface area contributed by atoms with Crippen LogP contribution in [0.25, 0.3) is 0 Å². The van der Waals surface area contributed by atoms with Crippen molar-refractivity contribution >= 4 is 0 Å². The molecule has 2 saturated heterocycles. The molecule has 2 fully saturated rings. The summed E-state index contributed by atoms with van der Waals surface area (Å²) >= 11 is 0. The van der Waals surface area contributed by atoms with Crippen molar-refractivity contribution in [3.8, 4) is 0 Å². The molecule has 0 radical (unpaired) electrons. The van der Waals surface area contributed by atoms with Crippen LogP contribution < -0.4 is 5.32 Å². The van der Waals surface area contributed by atoms with Crippen molar-refractivity contribution in [3.63, 3.8) is 0 Å². The summed E-state index contributed by atoms with van der Waals surface area (Å²) < 4.78 is 0. The van der Waals surface area contributed by atoms with E-state index in [0.29, 0.717) is 6.04 Å². The largest absolute Gasteiger partial charge is 0.311 e. The fourth-order valence-electron chi connectivity index (χ4n) is 4.43. The molecule has 2 unspecified atom stereocenters. The molecule has 0 aromatic heterocycles. The Morgan fingerprint density at radius 3 is 2.71 bits per heavy atom. The average molecular weight is 285 g/mol. The van der Waals surface area contributed by atoms with Crippen LogP contribution in [-0.4, -0.2) is 48.6 Å². The molecule has 3 nitrogen and oxygen atoms in total. The van der Waals surface area contributed by atoms with Gasteiger partial charge in [0.05, 0.1) is 0 Å². The lowest BCUT2D eigenvalue weighted by Crippen LogP contribution is -2.43. The van der Waals surface area contributed by atoms with Crippen molar-refractivity contribution in [1.29, 1.82) is 0 Å². The molecule has 3 aliphatic rings. The van der Waals surface area contributed by atoms with E-state index in [0.717, 1.165) is 19.1 Å². The highest BCUT2D eigenvalue weighted by atomic mass is 15.3. The summed E-state index contributed by atoms with van der Waals surface area (Å²) in [5.74, 6) is 0. The number of nitrogens with one attached hydrogen (secondary N) is 1. The Hall–Kier alpha value is -0.900. The Bertz CT molecular complexity index is 481. The van der Waals surface area contributed by atoms with Gasteiger partial charge in [0.25, 0.3) is 0 Å². The number of piperidine rings is 1. The minimum absolute atomic E-state index is 0.588. The van der Waals surface area contributed by atoms with E-state index in [1.54, 1.807) is 5.56 Å². The number of rotatable bonds is 2. The SMILES string of the molecule is c1ccc2c(c1)CNCC2N1CCC(N2CCCCC2)C1.